The summed E-state index contributed by atoms with van der Waals surface area (Å²) in [6.45, 7) is 4.46. The van der Waals surface area contributed by atoms with Crippen molar-refractivity contribution in [2.45, 2.75) is 26.3 Å². The molecule has 7 nitrogen and oxygen atoms in total. The number of para-hydroxylation sites is 1. The number of rotatable bonds is 7. The molecule has 3 aromatic carbocycles. The summed E-state index contributed by atoms with van der Waals surface area (Å²) in [5.41, 5.74) is 2.85. The summed E-state index contributed by atoms with van der Waals surface area (Å²) in [7, 11) is 1.53. The molecule has 1 aliphatic rings. The van der Waals surface area contributed by atoms with Gasteiger partial charge in [-0.25, -0.2) is 4.98 Å². The molecular formula is C29H26N2O5S. The maximum absolute atomic E-state index is 13.5. The second kappa shape index (κ2) is 10.1. The first-order valence-electron chi connectivity index (χ1n) is 12.0. The van der Waals surface area contributed by atoms with Gasteiger partial charge < -0.3 is 14.6 Å². The van der Waals surface area contributed by atoms with Gasteiger partial charge in [0.1, 0.15) is 23.3 Å². The van der Waals surface area contributed by atoms with Gasteiger partial charge in [0.25, 0.3) is 5.78 Å². The van der Waals surface area contributed by atoms with Gasteiger partial charge in [0.2, 0.25) is 0 Å². The Labute approximate surface area is 218 Å². The molecule has 188 valence electrons. The van der Waals surface area contributed by atoms with E-state index in [2.05, 4.69) is 6.92 Å². The van der Waals surface area contributed by atoms with Crippen molar-refractivity contribution in [1.29, 1.82) is 0 Å². The summed E-state index contributed by atoms with van der Waals surface area (Å²) >= 11 is 1.34. The molecule has 1 aromatic heterocycles. The molecule has 0 bridgehead atoms. The summed E-state index contributed by atoms with van der Waals surface area (Å²) in [5.74, 6) is -0.670. The number of aryl methyl sites for hydroxylation is 1. The molecule has 4 aromatic rings. The predicted molar refractivity (Wildman–Crippen MR) is 144 cm³/mol. The Morgan fingerprint density at radius 2 is 1.81 bits per heavy atom. The number of nitrogens with zero attached hydrogens (tertiary/aromatic N) is 2. The Kier molecular flexibility index (Phi) is 6.67. The van der Waals surface area contributed by atoms with Crippen LogP contribution >= 0.6 is 11.3 Å². The normalized spacial score (nSPS) is 16.9. The van der Waals surface area contributed by atoms with Gasteiger partial charge in [-0.1, -0.05) is 42.5 Å². The number of hydrogen-bond donors (Lipinski definition) is 1. The topological polar surface area (TPSA) is 89.0 Å². The number of Topliss-reactive ketones (excluding diaryl/α,β-unsaturated/α-hetero) is 1. The van der Waals surface area contributed by atoms with Crippen molar-refractivity contribution in [2.75, 3.05) is 18.6 Å². The van der Waals surface area contributed by atoms with Gasteiger partial charge in [-0.2, -0.15) is 0 Å². The number of fused-ring (bicyclic) bond motifs is 1. The number of thiazole rings is 1. The van der Waals surface area contributed by atoms with Crippen LogP contribution in [0.1, 0.15) is 36.6 Å². The van der Waals surface area contributed by atoms with Gasteiger partial charge in [0, 0.05) is 11.1 Å². The fraction of sp³-hybridized carbons (Fsp3) is 0.207. The lowest BCUT2D eigenvalue weighted by atomic mass is 9.94. The van der Waals surface area contributed by atoms with Crippen molar-refractivity contribution in [1.82, 2.24) is 4.98 Å². The van der Waals surface area contributed by atoms with Crippen LogP contribution in [0.25, 0.3) is 16.0 Å². The molecule has 0 unspecified atom stereocenters. The SMILES string of the molecule is CCOc1ccc(C(O)=C2C(=O)C(=O)N(c3nc4ccc(CC)cc4s3)[C@@H]2c2ccccc2OC)cc1. The minimum atomic E-state index is -0.922. The highest BCUT2D eigenvalue weighted by Crippen LogP contribution is 2.46. The number of carbonyl (C=O) groups is 2. The molecule has 1 amide bonds. The van der Waals surface area contributed by atoms with Gasteiger partial charge in [-0.15, -0.1) is 0 Å². The van der Waals surface area contributed by atoms with E-state index in [0.717, 1.165) is 22.2 Å². The van der Waals surface area contributed by atoms with Crippen LogP contribution in [0.3, 0.4) is 0 Å². The van der Waals surface area contributed by atoms with E-state index in [1.54, 1.807) is 42.5 Å². The van der Waals surface area contributed by atoms with Gasteiger partial charge in [-0.05, 0) is 61.4 Å². The van der Waals surface area contributed by atoms with Crippen LogP contribution in [-0.2, 0) is 16.0 Å². The summed E-state index contributed by atoms with van der Waals surface area (Å²) in [6.07, 6.45) is 0.872. The molecule has 0 aliphatic carbocycles. The number of carbonyl (C=O) groups excluding carboxylic acids is 2. The van der Waals surface area contributed by atoms with Crippen molar-refractivity contribution in [3.8, 4) is 11.5 Å². The number of ether oxygens (including phenoxy) is 2. The molecule has 1 aliphatic heterocycles. The maximum Gasteiger partial charge on any atom is 0.301 e. The third-order valence-electron chi connectivity index (χ3n) is 6.37. The number of aromatic nitrogens is 1. The average molecular weight is 515 g/mol. The molecule has 1 N–H and O–H groups in total. The molecule has 37 heavy (non-hydrogen) atoms. The fourth-order valence-corrected chi connectivity index (χ4v) is 5.58. The lowest BCUT2D eigenvalue weighted by Gasteiger charge is -2.24. The molecule has 0 saturated carbocycles. The van der Waals surface area contributed by atoms with Crippen LogP contribution in [0, 0.1) is 0 Å². The van der Waals surface area contributed by atoms with Gasteiger partial charge >= 0.3 is 5.91 Å². The minimum absolute atomic E-state index is 0.0211. The first-order chi connectivity index (χ1) is 18.0. The Morgan fingerprint density at radius 1 is 1.05 bits per heavy atom. The highest BCUT2D eigenvalue weighted by atomic mass is 32.1. The first kappa shape index (κ1) is 24.5. The van der Waals surface area contributed by atoms with Crippen molar-refractivity contribution in [3.63, 3.8) is 0 Å². The molecule has 0 spiro atoms. The van der Waals surface area contributed by atoms with E-state index >= 15 is 0 Å². The van der Waals surface area contributed by atoms with Gasteiger partial charge in [0.05, 0.1) is 29.5 Å². The monoisotopic (exact) mass is 514 g/mol. The zero-order valence-corrected chi connectivity index (χ0v) is 21.5. The third kappa shape index (κ3) is 4.34. The summed E-state index contributed by atoms with van der Waals surface area (Å²) in [6, 6.07) is 19.0. The van der Waals surface area contributed by atoms with Crippen LogP contribution in [0.5, 0.6) is 11.5 Å². The molecule has 2 heterocycles. The predicted octanol–water partition coefficient (Wildman–Crippen LogP) is 5.89. The lowest BCUT2D eigenvalue weighted by Crippen LogP contribution is -2.29. The first-order valence-corrected chi connectivity index (χ1v) is 12.8. The lowest BCUT2D eigenvalue weighted by molar-refractivity contribution is -0.132. The number of ketones is 1. The maximum atomic E-state index is 13.5. The highest BCUT2D eigenvalue weighted by molar-refractivity contribution is 7.22. The number of amides is 1. The highest BCUT2D eigenvalue weighted by Gasteiger charge is 2.49. The summed E-state index contributed by atoms with van der Waals surface area (Å²) in [4.78, 5) is 33.1. The second-order valence-electron chi connectivity index (χ2n) is 8.52. The number of aliphatic hydroxyl groups excluding tert-OH is 1. The Balaban J connectivity index is 1.70. The van der Waals surface area contributed by atoms with Crippen molar-refractivity contribution in [2.24, 2.45) is 0 Å². The smallest absolute Gasteiger partial charge is 0.301 e. The van der Waals surface area contributed by atoms with E-state index in [0.29, 0.717) is 34.4 Å². The minimum Gasteiger partial charge on any atom is -0.507 e. The standard InChI is InChI=1S/C29H26N2O5S/c1-4-17-10-15-21-23(16-17)37-29(30-21)31-25(20-8-6-7-9-22(20)35-3)24(27(33)28(31)34)26(32)18-11-13-19(14-12-18)36-5-2/h6-16,25,32H,4-5H2,1-3H3/t25-/m1/s1. The van der Waals surface area contributed by atoms with E-state index in [1.165, 1.54) is 23.3 Å². The van der Waals surface area contributed by atoms with E-state index in [-0.39, 0.29) is 11.3 Å². The van der Waals surface area contributed by atoms with E-state index in [1.807, 2.05) is 31.2 Å². The van der Waals surface area contributed by atoms with Gasteiger partial charge in [0.15, 0.2) is 5.13 Å². The molecule has 8 heteroatoms. The Morgan fingerprint density at radius 3 is 2.51 bits per heavy atom. The van der Waals surface area contributed by atoms with Crippen LogP contribution in [0.2, 0.25) is 0 Å². The van der Waals surface area contributed by atoms with Crippen molar-refractivity contribution >= 4 is 44.1 Å². The number of aliphatic hydroxyl groups is 1. The molecule has 1 fully saturated rings. The zero-order chi connectivity index (χ0) is 26.1. The summed E-state index contributed by atoms with van der Waals surface area (Å²) in [5, 5.41) is 11.8. The van der Waals surface area contributed by atoms with Crippen LogP contribution < -0.4 is 14.4 Å². The van der Waals surface area contributed by atoms with Crippen LogP contribution in [-0.4, -0.2) is 35.5 Å². The quantitative estimate of drug-likeness (QED) is 0.188. The molecule has 0 radical (unpaired) electrons. The van der Waals surface area contributed by atoms with Crippen molar-refractivity contribution < 1.29 is 24.2 Å². The summed E-state index contributed by atoms with van der Waals surface area (Å²) < 4.78 is 12.0. The number of methoxy groups -OCH3 is 1. The third-order valence-corrected chi connectivity index (χ3v) is 7.39. The molecular weight excluding hydrogens is 488 g/mol. The van der Waals surface area contributed by atoms with Gasteiger partial charge in [-0.3, -0.25) is 14.5 Å². The van der Waals surface area contributed by atoms with Crippen LogP contribution in [0.15, 0.2) is 72.3 Å². The van der Waals surface area contributed by atoms with E-state index in [9.17, 15) is 14.7 Å². The number of hydrogen-bond acceptors (Lipinski definition) is 7. The van der Waals surface area contributed by atoms with E-state index in [4.69, 9.17) is 14.5 Å². The van der Waals surface area contributed by atoms with E-state index < -0.39 is 17.7 Å². The fourth-order valence-electron chi connectivity index (χ4n) is 4.53. The Hall–Kier alpha value is -4.17. The number of anilines is 1. The van der Waals surface area contributed by atoms with Crippen molar-refractivity contribution in [3.05, 3.63) is 89.0 Å². The molecule has 1 atom stereocenters. The molecule has 1 saturated heterocycles. The van der Waals surface area contributed by atoms with Crippen LogP contribution in [0.4, 0.5) is 5.13 Å². The molecule has 5 rings (SSSR count). The Bertz CT molecular complexity index is 1520. The average Bonchev–Trinajstić information content (AvgIpc) is 3.46. The largest absolute Gasteiger partial charge is 0.507 e. The zero-order valence-electron chi connectivity index (χ0n) is 20.7. The second-order valence-corrected chi connectivity index (χ2v) is 9.53. The number of benzene rings is 3.